The second kappa shape index (κ2) is 7.44. The molecule has 0 aliphatic heterocycles. The molecule has 0 fully saturated rings. The van der Waals surface area contributed by atoms with E-state index >= 15 is 0 Å². The number of hydrogen-bond donors (Lipinski definition) is 1. The van der Waals surface area contributed by atoms with Gasteiger partial charge in [0.25, 0.3) is 0 Å². The molecule has 0 radical (unpaired) electrons. The van der Waals surface area contributed by atoms with E-state index in [0.29, 0.717) is 0 Å². The van der Waals surface area contributed by atoms with E-state index in [0.717, 1.165) is 39.5 Å². The van der Waals surface area contributed by atoms with E-state index in [2.05, 4.69) is 40.3 Å². The van der Waals surface area contributed by atoms with Gasteiger partial charge in [0.05, 0.1) is 12.8 Å². The minimum absolute atomic E-state index is 0.747. The van der Waals surface area contributed by atoms with Crippen LogP contribution in [0.3, 0.4) is 0 Å². The Hall–Kier alpha value is -2.43. The zero-order chi connectivity index (χ0) is 17.9. The minimum atomic E-state index is 0.747. The molecule has 1 aromatic carbocycles. The number of ether oxygens (including phenoxy) is 1. The van der Waals surface area contributed by atoms with E-state index in [-0.39, 0.29) is 0 Å². The Morgan fingerprint density at radius 3 is 2.81 bits per heavy atom. The van der Waals surface area contributed by atoms with Crippen molar-refractivity contribution in [1.29, 1.82) is 0 Å². The first-order valence-electron chi connectivity index (χ1n) is 8.26. The zero-order valence-corrected chi connectivity index (χ0v) is 15.8. The number of pyridine rings is 1. The molecule has 0 saturated carbocycles. The lowest BCUT2D eigenvalue weighted by Crippen LogP contribution is -1.84. The summed E-state index contributed by atoms with van der Waals surface area (Å²) in [5.41, 5.74) is 3.05. The lowest BCUT2D eigenvalue weighted by atomic mass is 10.1. The maximum atomic E-state index is 6.11. The lowest BCUT2D eigenvalue weighted by molar-refractivity contribution is 0.415. The number of aromatic nitrogens is 2. The number of benzene rings is 1. The van der Waals surface area contributed by atoms with Crippen molar-refractivity contribution < 1.29 is 4.74 Å². The largest absolute Gasteiger partial charge is 0.497 e. The van der Waals surface area contributed by atoms with Gasteiger partial charge in [-0.15, -0.1) is 0 Å². The van der Waals surface area contributed by atoms with E-state index in [9.17, 15) is 0 Å². The highest BCUT2D eigenvalue weighted by Gasteiger charge is 2.16. The van der Waals surface area contributed by atoms with Gasteiger partial charge in [0, 0.05) is 21.5 Å². The van der Waals surface area contributed by atoms with Crippen LogP contribution in [-0.2, 0) is 0 Å². The van der Waals surface area contributed by atoms with Gasteiger partial charge in [0.1, 0.15) is 11.4 Å². The number of fused-ring (bicyclic) bond motifs is 1. The summed E-state index contributed by atoms with van der Waals surface area (Å²) in [5.74, 6) is 0.841. The summed E-state index contributed by atoms with van der Waals surface area (Å²) < 4.78 is 5.28. The number of halogens is 1. The summed E-state index contributed by atoms with van der Waals surface area (Å²) in [6, 6.07) is 12.1. The van der Waals surface area contributed by atoms with Crippen molar-refractivity contribution in [3.63, 3.8) is 0 Å². The van der Waals surface area contributed by atoms with Gasteiger partial charge >= 0.3 is 0 Å². The molecular weight excluding hydrogens is 364 g/mol. The molecule has 130 valence electrons. The number of thioether (sulfide) groups is 1. The summed E-state index contributed by atoms with van der Waals surface area (Å²) in [7, 11) is 1.67. The predicted molar refractivity (Wildman–Crippen MR) is 110 cm³/mol. The molecule has 1 aliphatic rings. The smallest absolute Gasteiger partial charge is 0.138 e. The first-order valence-corrected chi connectivity index (χ1v) is 9.46. The van der Waals surface area contributed by atoms with E-state index in [1.54, 1.807) is 25.1 Å². The normalized spacial score (nSPS) is 14.1. The molecular formula is C21H17ClN2OS. The van der Waals surface area contributed by atoms with Gasteiger partial charge in [-0.3, -0.25) is 0 Å². The van der Waals surface area contributed by atoms with E-state index in [1.165, 1.54) is 9.80 Å². The third-order valence-electron chi connectivity index (χ3n) is 4.16. The van der Waals surface area contributed by atoms with Gasteiger partial charge in [-0.1, -0.05) is 35.5 Å². The van der Waals surface area contributed by atoms with Crippen LogP contribution in [0.1, 0.15) is 6.42 Å². The fraction of sp³-hybridized carbons (Fsp3) is 0.0952. The van der Waals surface area contributed by atoms with Crippen molar-refractivity contribution in [1.82, 2.24) is 9.97 Å². The number of nitrogens with one attached hydrogen (secondary N) is 1. The average molecular weight is 381 g/mol. The van der Waals surface area contributed by atoms with Crippen LogP contribution < -0.4 is 4.74 Å². The number of allylic oxidation sites excluding steroid dienone is 6. The lowest BCUT2D eigenvalue weighted by Gasteiger charge is -2.07. The van der Waals surface area contributed by atoms with Crippen LogP contribution in [0.25, 0.3) is 22.3 Å². The molecule has 3 nitrogen and oxygen atoms in total. The van der Waals surface area contributed by atoms with E-state index in [4.69, 9.17) is 16.3 Å². The van der Waals surface area contributed by atoms with Crippen LogP contribution in [0, 0.1) is 0 Å². The zero-order valence-electron chi connectivity index (χ0n) is 14.2. The Balaban J connectivity index is 1.80. The van der Waals surface area contributed by atoms with Crippen molar-refractivity contribution in [2.45, 2.75) is 11.3 Å². The third-order valence-corrected chi connectivity index (χ3v) is 5.60. The fourth-order valence-corrected chi connectivity index (χ4v) is 4.13. The Morgan fingerprint density at radius 1 is 1.15 bits per heavy atom. The molecule has 0 atom stereocenters. The quantitative estimate of drug-likeness (QED) is 0.577. The maximum Gasteiger partial charge on any atom is 0.138 e. The molecule has 1 aliphatic carbocycles. The summed E-state index contributed by atoms with van der Waals surface area (Å²) in [5, 5.41) is 1.86. The van der Waals surface area contributed by atoms with Crippen LogP contribution in [0.5, 0.6) is 5.75 Å². The van der Waals surface area contributed by atoms with Crippen LogP contribution in [0.15, 0.2) is 81.7 Å². The topological polar surface area (TPSA) is 37.9 Å². The molecule has 1 N–H and O–H groups in total. The third kappa shape index (κ3) is 3.43. The van der Waals surface area contributed by atoms with Gasteiger partial charge < -0.3 is 9.72 Å². The van der Waals surface area contributed by atoms with Crippen LogP contribution >= 0.6 is 23.4 Å². The van der Waals surface area contributed by atoms with Gasteiger partial charge in [-0.2, -0.15) is 0 Å². The number of aromatic amines is 1. The van der Waals surface area contributed by atoms with Crippen LogP contribution in [-0.4, -0.2) is 17.1 Å². The molecule has 0 bridgehead atoms. The summed E-state index contributed by atoms with van der Waals surface area (Å²) in [6.07, 6.45) is 10.7. The Bertz CT molecular complexity index is 1030. The Labute approximate surface area is 161 Å². The molecule has 0 amide bonds. The highest BCUT2D eigenvalue weighted by molar-refractivity contribution is 8.03. The van der Waals surface area contributed by atoms with Crippen molar-refractivity contribution in [3.05, 3.63) is 76.8 Å². The van der Waals surface area contributed by atoms with Crippen molar-refractivity contribution in [3.8, 4) is 17.0 Å². The SMILES string of the molecule is COc1ccc(-c2[nH]c3ncccc3c2SC2=CC=C(Cl)C=CC2)cc1. The summed E-state index contributed by atoms with van der Waals surface area (Å²) >= 11 is 7.86. The molecule has 26 heavy (non-hydrogen) atoms. The van der Waals surface area contributed by atoms with Crippen molar-refractivity contribution in [2.75, 3.05) is 7.11 Å². The molecule has 4 rings (SSSR count). The molecule has 0 unspecified atom stereocenters. The number of H-pyrrole nitrogens is 1. The second-order valence-electron chi connectivity index (χ2n) is 5.85. The van der Waals surface area contributed by atoms with Crippen LogP contribution in [0.2, 0.25) is 0 Å². The maximum absolute atomic E-state index is 6.11. The van der Waals surface area contributed by atoms with Crippen molar-refractivity contribution >= 4 is 34.4 Å². The van der Waals surface area contributed by atoms with Gasteiger partial charge in [0.2, 0.25) is 0 Å². The van der Waals surface area contributed by atoms with Crippen LogP contribution in [0.4, 0.5) is 0 Å². The molecule has 0 spiro atoms. The highest BCUT2D eigenvalue weighted by Crippen LogP contribution is 2.42. The van der Waals surface area contributed by atoms with E-state index in [1.807, 2.05) is 30.4 Å². The number of hydrogen-bond acceptors (Lipinski definition) is 3. The molecule has 5 heteroatoms. The molecule has 0 saturated heterocycles. The predicted octanol–water partition coefficient (Wildman–Crippen LogP) is 6.30. The van der Waals surface area contributed by atoms with Gasteiger partial charge in [-0.05, 0) is 65.4 Å². The number of rotatable bonds is 4. The number of nitrogens with zero attached hydrogens (tertiary/aromatic N) is 1. The molecule has 2 heterocycles. The van der Waals surface area contributed by atoms with Crippen molar-refractivity contribution in [2.24, 2.45) is 0 Å². The first-order chi connectivity index (χ1) is 12.7. The molecule has 2 aromatic heterocycles. The first kappa shape index (κ1) is 17.0. The summed E-state index contributed by atoms with van der Waals surface area (Å²) in [4.78, 5) is 10.4. The average Bonchev–Trinajstić information content (AvgIpc) is 2.91. The van der Waals surface area contributed by atoms with Gasteiger partial charge in [0.15, 0.2) is 0 Å². The Morgan fingerprint density at radius 2 is 2.00 bits per heavy atom. The summed E-state index contributed by atoms with van der Waals surface area (Å²) in [6.45, 7) is 0. The second-order valence-corrected chi connectivity index (χ2v) is 7.42. The van der Waals surface area contributed by atoms with Gasteiger partial charge in [-0.25, -0.2) is 4.98 Å². The van der Waals surface area contributed by atoms with E-state index < -0.39 is 0 Å². The fourth-order valence-electron chi connectivity index (χ4n) is 2.86. The minimum Gasteiger partial charge on any atom is -0.497 e. The Kier molecular flexibility index (Phi) is 4.87. The standard InChI is InChI=1S/C21H17ClN2OS/c1-25-16-10-7-14(8-11-16)19-20(18-6-3-13-23-21(18)24-19)26-17-5-2-4-15(22)9-12-17/h2-4,6-13H,5H2,1H3,(H,23,24). The monoisotopic (exact) mass is 380 g/mol. The number of methoxy groups -OCH3 is 1. The molecule has 3 aromatic rings. The highest BCUT2D eigenvalue weighted by atomic mass is 35.5.